The quantitative estimate of drug-likeness (QED) is 0.711. The van der Waals surface area contributed by atoms with Gasteiger partial charge in [-0.1, -0.05) is 19.9 Å². The molecule has 1 aromatic carbocycles. The number of rotatable bonds is 6. The second kappa shape index (κ2) is 9.39. The molecule has 0 atom stereocenters. The van der Waals surface area contributed by atoms with Gasteiger partial charge < -0.3 is 5.32 Å². The lowest BCUT2D eigenvalue weighted by Gasteiger charge is -2.33. The minimum Gasteiger partial charge on any atom is -0.338 e. The molecule has 3 amide bonds. The van der Waals surface area contributed by atoms with Gasteiger partial charge in [-0.25, -0.2) is 22.0 Å². The highest BCUT2D eigenvalue weighted by Crippen LogP contribution is 2.23. The summed E-state index contributed by atoms with van der Waals surface area (Å²) in [6.07, 6.45) is 0. The highest BCUT2D eigenvalue weighted by molar-refractivity contribution is 7.89. The van der Waals surface area contributed by atoms with Gasteiger partial charge in [-0.3, -0.25) is 15.0 Å². The third kappa shape index (κ3) is 5.69. The molecule has 0 unspecified atom stereocenters. The van der Waals surface area contributed by atoms with Crippen LogP contribution in [0.5, 0.6) is 0 Å². The number of piperazine rings is 1. The highest BCUT2D eigenvalue weighted by Gasteiger charge is 2.33. The smallest absolute Gasteiger partial charge is 0.321 e. The number of amides is 3. The third-order valence-electron chi connectivity index (χ3n) is 4.14. The topological polar surface area (TPSA) is 98.8 Å². The van der Waals surface area contributed by atoms with E-state index in [-0.39, 0.29) is 38.6 Å². The minimum atomic E-state index is -4.32. The molecule has 0 bridgehead atoms. The summed E-state index contributed by atoms with van der Waals surface area (Å²) in [7, 11) is -4.32. The second-order valence-corrected chi connectivity index (χ2v) is 8.76. The summed E-state index contributed by atoms with van der Waals surface area (Å²) >= 11 is 0. The predicted octanol–water partition coefficient (Wildman–Crippen LogP) is 0.753. The zero-order chi connectivity index (χ0) is 20.9. The number of urea groups is 1. The van der Waals surface area contributed by atoms with E-state index in [9.17, 15) is 26.8 Å². The first kappa shape index (κ1) is 22.2. The first-order chi connectivity index (χ1) is 13.1. The van der Waals surface area contributed by atoms with Crippen molar-refractivity contribution < 1.29 is 26.8 Å². The molecule has 1 saturated heterocycles. The Kier molecular flexibility index (Phi) is 7.44. The van der Waals surface area contributed by atoms with Gasteiger partial charge in [0.2, 0.25) is 15.9 Å². The Balaban J connectivity index is 1.89. The molecular formula is C17H24F2N4O4S. The molecule has 0 spiro atoms. The standard InChI is InChI=1S/C17H24F2N4O4S/c1-12(2)10-20-17(25)21-15(24)11-22-6-8-23(9-7-22)28(26,27)16-13(18)4-3-5-14(16)19/h3-5,12H,6-11H2,1-2H3,(H2,20,21,24,25). The van der Waals surface area contributed by atoms with Crippen LogP contribution in [0, 0.1) is 17.6 Å². The maximum absolute atomic E-state index is 13.8. The molecule has 2 rings (SSSR count). The number of nitrogens with zero attached hydrogens (tertiary/aromatic N) is 2. The largest absolute Gasteiger partial charge is 0.338 e. The molecule has 1 aromatic rings. The van der Waals surface area contributed by atoms with Crippen LogP contribution in [-0.2, 0) is 14.8 Å². The molecule has 156 valence electrons. The summed E-state index contributed by atoms with van der Waals surface area (Å²) in [6.45, 7) is 4.52. The van der Waals surface area contributed by atoms with Crippen LogP contribution < -0.4 is 10.6 Å². The zero-order valence-electron chi connectivity index (χ0n) is 15.7. The second-order valence-electron chi connectivity index (χ2n) is 6.88. The Morgan fingerprint density at radius 1 is 1.11 bits per heavy atom. The number of nitrogens with one attached hydrogen (secondary N) is 2. The average Bonchev–Trinajstić information content (AvgIpc) is 2.60. The van der Waals surface area contributed by atoms with Crippen molar-refractivity contribution in [1.82, 2.24) is 19.8 Å². The Labute approximate surface area is 162 Å². The molecular weight excluding hydrogens is 394 g/mol. The lowest BCUT2D eigenvalue weighted by Crippen LogP contribution is -2.52. The fourth-order valence-corrected chi connectivity index (χ4v) is 4.23. The SMILES string of the molecule is CC(C)CNC(=O)NC(=O)CN1CCN(S(=O)(=O)c2c(F)cccc2F)CC1. The van der Waals surface area contributed by atoms with Crippen molar-refractivity contribution in [2.45, 2.75) is 18.7 Å². The van der Waals surface area contributed by atoms with Crippen LogP contribution in [0.1, 0.15) is 13.8 Å². The molecule has 11 heteroatoms. The third-order valence-corrected chi connectivity index (χ3v) is 6.09. The molecule has 1 heterocycles. The minimum absolute atomic E-state index is 0.0249. The van der Waals surface area contributed by atoms with Crippen molar-refractivity contribution in [1.29, 1.82) is 0 Å². The molecule has 2 N–H and O–H groups in total. The van der Waals surface area contributed by atoms with E-state index >= 15 is 0 Å². The number of hydrogen-bond donors (Lipinski definition) is 2. The van der Waals surface area contributed by atoms with Crippen molar-refractivity contribution in [3.63, 3.8) is 0 Å². The molecule has 28 heavy (non-hydrogen) atoms. The monoisotopic (exact) mass is 418 g/mol. The molecule has 0 radical (unpaired) electrons. The van der Waals surface area contributed by atoms with Crippen LogP contribution in [-0.4, -0.2) is 68.8 Å². The molecule has 1 aliphatic heterocycles. The van der Waals surface area contributed by atoms with Crippen LogP contribution in [0.2, 0.25) is 0 Å². The van der Waals surface area contributed by atoms with E-state index < -0.39 is 38.5 Å². The number of benzene rings is 1. The lowest BCUT2D eigenvalue weighted by molar-refractivity contribution is -0.121. The Morgan fingerprint density at radius 2 is 1.68 bits per heavy atom. The summed E-state index contributed by atoms with van der Waals surface area (Å²) in [5.74, 6) is -2.56. The molecule has 0 aromatic heterocycles. The van der Waals surface area contributed by atoms with Crippen LogP contribution in [0.4, 0.5) is 13.6 Å². The summed E-state index contributed by atoms with van der Waals surface area (Å²) in [6, 6.07) is 2.29. The van der Waals surface area contributed by atoms with Gasteiger partial charge >= 0.3 is 6.03 Å². The fraction of sp³-hybridized carbons (Fsp3) is 0.529. The number of sulfonamides is 1. The van der Waals surface area contributed by atoms with Gasteiger partial charge in [-0.05, 0) is 18.1 Å². The fourth-order valence-electron chi connectivity index (χ4n) is 2.70. The van der Waals surface area contributed by atoms with Crippen molar-refractivity contribution >= 4 is 22.0 Å². The first-order valence-electron chi connectivity index (χ1n) is 8.85. The number of carbonyl (C=O) groups is 2. The van der Waals surface area contributed by atoms with E-state index in [4.69, 9.17) is 0 Å². The van der Waals surface area contributed by atoms with E-state index in [1.807, 2.05) is 13.8 Å². The average molecular weight is 418 g/mol. The van der Waals surface area contributed by atoms with Crippen LogP contribution in [0.25, 0.3) is 0 Å². The van der Waals surface area contributed by atoms with Crippen LogP contribution >= 0.6 is 0 Å². The number of carbonyl (C=O) groups excluding carboxylic acids is 2. The van der Waals surface area contributed by atoms with Crippen LogP contribution in [0.15, 0.2) is 23.1 Å². The van der Waals surface area contributed by atoms with E-state index in [0.717, 1.165) is 22.5 Å². The maximum atomic E-state index is 13.8. The van der Waals surface area contributed by atoms with Gasteiger partial charge in [0.15, 0.2) is 4.90 Å². The maximum Gasteiger partial charge on any atom is 0.321 e. The summed E-state index contributed by atoms with van der Waals surface area (Å²) < 4.78 is 53.7. The lowest BCUT2D eigenvalue weighted by atomic mass is 10.2. The van der Waals surface area contributed by atoms with Crippen LogP contribution in [0.3, 0.4) is 0 Å². The van der Waals surface area contributed by atoms with Gasteiger partial charge in [0, 0.05) is 32.7 Å². The number of imide groups is 1. The van der Waals surface area contributed by atoms with Gasteiger partial charge in [0.25, 0.3) is 0 Å². The van der Waals surface area contributed by atoms with E-state index in [1.54, 1.807) is 4.90 Å². The van der Waals surface area contributed by atoms with E-state index in [0.29, 0.717) is 6.54 Å². The molecule has 8 nitrogen and oxygen atoms in total. The summed E-state index contributed by atoms with van der Waals surface area (Å²) in [5, 5.41) is 4.76. The van der Waals surface area contributed by atoms with Gasteiger partial charge in [0.1, 0.15) is 11.6 Å². The molecule has 0 saturated carbocycles. The zero-order valence-corrected chi connectivity index (χ0v) is 16.6. The Bertz CT molecular complexity index is 804. The number of halogens is 2. The van der Waals surface area contributed by atoms with Crippen molar-refractivity contribution in [2.24, 2.45) is 5.92 Å². The van der Waals surface area contributed by atoms with Gasteiger partial charge in [0.05, 0.1) is 6.54 Å². The molecule has 0 aliphatic carbocycles. The Hall–Kier alpha value is -2.11. The number of hydrogen-bond acceptors (Lipinski definition) is 5. The van der Waals surface area contributed by atoms with Gasteiger partial charge in [-0.15, -0.1) is 0 Å². The van der Waals surface area contributed by atoms with E-state index in [1.165, 1.54) is 0 Å². The molecule has 1 aliphatic rings. The Morgan fingerprint density at radius 3 is 2.21 bits per heavy atom. The summed E-state index contributed by atoms with van der Waals surface area (Å²) in [4.78, 5) is 24.2. The first-order valence-corrected chi connectivity index (χ1v) is 10.3. The van der Waals surface area contributed by atoms with Crippen molar-refractivity contribution in [3.05, 3.63) is 29.8 Å². The van der Waals surface area contributed by atoms with Crippen molar-refractivity contribution in [2.75, 3.05) is 39.3 Å². The highest BCUT2D eigenvalue weighted by atomic mass is 32.2. The van der Waals surface area contributed by atoms with E-state index in [2.05, 4.69) is 10.6 Å². The molecule has 1 fully saturated rings. The normalized spacial score (nSPS) is 16.2. The summed E-state index contributed by atoms with van der Waals surface area (Å²) in [5.41, 5.74) is 0. The van der Waals surface area contributed by atoms with Gasteiger partial charge in [-0.2, -0.15) is 4.31 Å². The van der Waals surface area contributed by atoms with Crippen molar-refractivity contribution in [3.8, 4) is 0 Å². The predicted molar refractivity (Wildman–Crippen MR) is 97.9 cm³/mol.